The maximum atomic E-state index is 12.4. The van der Waals surface area contributed by atoms with Crippen molar-refractivity contribution in [3.63, 3.8) is 0 Å². The van der Waals surface area contributed by atoms with Crippen molar-refractivity contribution in [3.05, 3.63) is 29.8 Å². The molecule has 1 aromatic rings. The van der Waals surface area contributed by atoms with Gasteiger partial charge < -0.3 is 36.6 Å². The van der Waals surface area contributed by atoms with Crippen LogP contribution in [0.2, 0.25) is 0 Å². The average Bonchev–Trinajstić information content (AvgIpc) is 2.87. The van der Waals surface area contributed by atoms with Crippen molar-refractivity contribution in [1.29, 1.82) is 0 Å². The summed E-state index contributed by atoms with van der Waals surface area (Å²) in [6.07, 6.45) is 1.03. The second-order valence-corrected chi connectivity index (χ2v) is 9.91. The average molecular weight is 575 g/mol. The second-order valence-electron chi connectivity index (χ2n) is 8.38. The summed E-state index contributed by atoms with van der Waals surface area (Å²) < 4.78 is 0. The van der Waals surface area contributed by atoms with Gasteiger partial charge in [-0.15, -0.1) is 11.6 Å². The van der Waals surface area contributed by atoms with Gasteiger partial charge in [0.2, 0.25) is 11.8 Å². The van der Waals surface area contributed by atoms with E-state index in [-0.39, 0.29) is 25.0 Å². The molecule has 0 aromatic heterocycles. The van der Waals surface area contributed by atoms with Gasteiger partial charge in [0, 0.05) is 49.0 Å². The number of anilines is 1. The lowest BCUT2D eigenvalue weighted by atomic mass is 10.1. The van der Waals surface area contributed by atoms with E-state index in [1.54, 1.807) is 0 Å². The van der Waals surface area contributed by atoms with E-state index in [4.69, 9.17) is 32.7 Å². The van der Waals surface area contributed by atoms with Crippen molar-refractivity contribution < 1.29 is 39.3 Å². The molecule has 0 saturated carbocycles. The number of aliphatic carboxylic acids is 3. The van der Waals surface area contributed by atoms with E-state index in [1.165, 1.54) is 11.8 Å². The van der Waals surface area contributed by atoms with E-state index in [2.05, 4.69) is 15.5 Å². The summed E-state index contributed by atoms with van der Waals surface area (Å²) in [7, 11) is 0. The van der Waals surface area contributed by atoms with E-state index >= 15 is 0 Å². The van der Waals surface area contributed by atoms with E-state index in [0.717, 1.165) is 11.3 Å². The first-order valence-electron chi connectivity index (χ1n) is 12.0. The molecule has 0 saturated heterocycles. The zero-order chi connectivity index (χ0) is 28.5. The number of alkyl halides is 1. The fourth-order valence-corrected chi connectivity index (χ4v) is 4.50. The number of nitrogens with one attached hydrogen (secondary N) is 2. The normalized spacial score (nSPS) is 12.3. The number of aryl methyl sites for hydroxylation is 1. The molecule has 1 rings (SSSR count). The highest BCUT2D eigenvalue weighted by Crippen LogP contribution is 2.18. The Hall–Kier alpha value is -3.03. The first-order valence-corrected chi connectivity index (χ1v) is 13.7. The summed E-state index contributed by atoms with van der Waals surface area (Å²) in [6, 6.07) is 5.55. The third-order valence-electron chi connectivity index (χ3n) is 5.37. The second kappa shape index (κ2) is 18.3. The van der Waals surface area contributed by atoms with Gasteiger partial charge in [0.1, 0.15) is 18.6 Å². The maximum absolute atomic E-state index is 12.4. The number of carbonyl (C=O) groups is 5. The Kier molecular flexibility index (Phi) is 15.9. The molecule has 0 spiro atoms. The van der Waals surface area contributed by atoms with Crippen LogP contribution in [-0.4, -0.2) is 94.1 Å². The highest BCUT2D eigenvalue weighted by atomic mass is 35.5. The molecule has 2 atom stereocenters. The van der Waals surface area contributed by atoms with Crippen LogP contribution >= 0.6 is 23.4 Å². The van der Waals surface area contributed by atoms with Gasteiger partial charge in [0.05, 0.1) is 0 Å². The van der Waals surface area contributed by atoms with Crippen LogP contribution in [0.1, 0.15) is 31.2 Å². The predicted molar refractivity (Wildman–Crippen MR) is 145 cm³/mol. The smallest absolute Gasteiger partial charge is 0.322 e. The molecule has 2 amide bonds. The lowest BCUT2D eigenvalue weighted by molar-refractivity contribution is -0.139. The number of rotatable bonds is 20. The highest BCUT2D eigenvalue weighted by molar-refractivity contribution is 7.99. The Labute approximate surface area is 230 Å². The minimum absolute atomic E-state index is 0.108. The summed E-state index contributed by atoms with van der Waals surface area (Å²) in [5.74, 6) is -3.39. The number of carboxylic acid groups (broad SMARTS) is 3. The van der Waals surface area contributed by atoms with Crippen molar-refractivity contribution in [2.24, 2.45) is 5.73 Å². The van der Waals surface area contributed by atoms with Crippen LogP contribution < -0.4 is 21.3 Å². The van der Waals surface area contributed by atoms with E-state index in [0.29, 0.717) is 37.6 Å². The van der Waals surface area contributed by atoms with Gasteiger partial charge in [-0.2, -0.15) is 11.8 Å². The largest absolute Gasteiger partial charge is 0.481 e. The summed E-state index contributed by atoms with van der Waals surface area (Å²) in [6.45, 7) is 0.555. The molecule has 2 unspecified atom stereocenters. The number of benzene rings is 1. The molecule has 12 nitrogen and oxygen atoms in total. The monoisotopic (exact) mass is 574 g/mol. The fourth-order valence-electron chi connectivity index (χ4n) is 3.31. The number of nitrogens with zero attached hydrogens (tertiary/aromatic N) is 1. The van der Waals surface area contributed by atoms with Gasteiger partial charge in [-0.3, -0.25) is 24.0 Å². The van der Waals surface area contributed by atoms with Crippen molar-refractivity contribution >= 4 is 58.8 Å². The summed E-state index contributed by atoms with van der Waals surface area (Å²) in [4.78, 5) is 59.1. The van der Waals surface area contributed by atoms with Gasteiger partial charge >= 0.3 is 17.9 Å². The van der Waals surface area contributed by atoms with Gasteiger partial charge in [0.15, 0.2) is 0 Å². The summed E-state index contributed by atoms with van der Waals surface area (Å²) in [5.41, 5.74) is 7.38. The van der Waals surface area contributed by atoms with Crippen LogP contribution in [0.25, 0.3) is 0 Å². The van der Waals surface area contributed by atoms with Crippen LogP contribution in [-0.2, 0) is 30.4 Å². The topological polar surface area (TPSA) is 199 Å². The number of halogens is 1. The predicted octanol–water partition coefficient (Wildman–Crippen LogP) is 0.750. The molecule has 1 aromatic carbocycles. The van der Waals surface area contributed by atoms with Crippen molar-refractivity contribution in [1.82, 2.24) is 10.6 Å². The fraction of sp³-hybridized carbons (Fsp3) is 0.542. The Morgan fingerprint density at radius 1 is 1.00 bits per heavy atom. The van der Waals surface area contributed by atoms with Crippen molar-refractivity contribution in [2.45, 2.75) is 44.2 Å². The van der Waals surface area contributed by atoms with Gasteiger partial charge in [-0.05, 0) is 37.0 Å². The maximum Gasteiger partial charge on any atom is 0.322 e. The van der Waals surface area contributed by atoms with Crippen LogP contribution in [0.5, 0.6) is 0 Å². The number of thioether (sulfide) groups is 1. The molecule has 0 heterocycles. The lowest BCUT2D eigenvalue weighted by Gasteiger charge is -2.25. The Bertz CT molecular complexity index is 935. The zero-order valence-electron chi connectivity index (χ0n) is 20.9. The third kappa shape index (κ3) is 14.1. The minimum atomic E-state index is -1.24. The summed E-state index contributed by atoms with van der Waals surface area (Å²) in [5, 5.41) is 31.2. The highest BCUT2D eigenvalue weighted by Gasteiger charge is 2.22. The molecule has 0 bridgehead atoms. The van der Waals surface area contributed by atoms with Crippen LogP contribution in [0, 0.1) is 0 Å². The van der Waals surface area contributed by atoms with E-state index in [9.17, 15) is 24.0 Å². The number of carboxylic acids is 3. The van der Waals surface area contributed by atoms with Gasteiger partial charge in [-0.25, -0.2) is 0 Å². The molecule has 0 fully saturated rings. The standard InChI is InChI=1S/C24H35ClN4O8S/c25-10-11-29(17-6-4-16(5-7-17)2-1-3-21(31)32)12-13-38-15-19(23(35)27-14-22(33)34)28-20(30)9-8-18(26)24(36)37/h4-7,18-19H,1-3,8-15,26H2,(H,27,35)(H,28,30)(H,31,32)(H,33,34)(H,36,37). The van der Waals surface area contributed by atoms with Crippen LogP contribution in [0.15, 0.2) is 24.3 Å². The summed E-state index contributed by atoms with van der Waals surface area (Å²) >= 11 is 7.35. The molecule has 38 heavy (non-hydrogen) atoms. The van der Waals surface area contributed by atoms with Crippen molar-refractivity contribution in [2.75, 3.05) is 41.9 Å². The zero-order valence-corrected chi connectivity index (χ0v) is 22.5. The van der Waals surface area contributed by atoms with Crippen molar-refractivity contribution in [3.8, 4) is 0 Å². The molecule has 7 N–H and O–H groups in total. The number of carbonyl (C=O) groups excluding carboxylic acids is 2. The lowest BCUT2D eigenvalue weighted by Crippen LogP contribution is -2.49. The third-order valence-corrected chi connectivity index (χ3v) is 6.58. The number of hydrogen-bond acceptors (Lipinski definition) is 8. The molecule has 0 aliphatic carbocycles. The number of hydrogen-bond donors (Lipinski definition) is 6. The van der Waals surface area contributed by atoms with E-state index < -0.39 is 48.4 Å². The van der Waals surface area contributed by atoms with Crippen LogP contribution in [0.4, 0.5) is 5.69 Å². The molecule has 14 heteroatoms. The van der Waals surface area contributed by atoms with Gasteiger partial charge in [0.25, 0.3) is 0 Å². The Morgan fingerprint density at radius 2 is 1.68 bits per heavy atom. The molecule has 0 aliphatic heterocycles. The molecular weight excluding hydrogens is 540 g/mol. The molecule has 212 valence electrons. The minimum Gasteiger partial charge on any atom is -0.481 e. The SMILES string of the molecule is NC(CCC(=O)NC(CSCCN(CCCl)c1ccc(CCCC(=O)O)cc1)C(=O)NCC(=O)O)C(=O)O. The Morgan fingerprint density at radius 3 is 2.26 bits per heavy atom. The quantitative estimate of drug-likeness (QED) is 0.0948. The Balaban J connectivity index is 2.67. The molecule has 0 radical (unpaired) electrons. The van der Waals surface area contributed by atoms with Crippen LogP contribution in [0.3, 0.4) is 0 Å². The number of nitrogens with two attached hydrogens (primary N) is 1. The molecule has 0 aliphatic rings. The first kappa shape index (κ1) is 33.0. The first-order chi connectivity index (χ1) is 18.0. The van der Waals surface area contributed by atoms with Gasteiger partial charge in [-0.1, -0.05) is 12.1 Å². The van der Waals surface area contributed by atoms with E-state index in [1.807, 2.05) is 24.3 Å². The molecular formula is C24H35ClN4O8S. The number of amides is 2.